The van der Waals surface area contributed by atoms with Gasteiger partial charge in [0, 0.05) is 11.3 Å². The van der Waals surface area contributed by atoms with Gasteiger partial charge in [-0.3, -0.25) is 4.79 Å². The molecule has 1 aromatic carbocycles. The van der Waals surface area contributed by atoms with E-state index in [0.717, 1.165) is 31.2 Å². The van der Waals surface area contributed by atoms with Crippen LogP contribution in [-0.2, 0) is 5.54 Å². The molecule has 26 heavy (non-hydrogen) atoms. The molecular formula is C18H19ClN4O3. The molecule has 3 aromatic rings. The molecule has 0 spiro atoms. The van der Waals surface area contributed by atoms with Gasteiger partial charge in [-0.25, -0.2) is 0 Å². The minimum atomic E-state index is -0.493. The highest BCUT2D eigenvalue weighted by molar-refractivity contribution is 6.02. The minimum absolute atomic E-state index is 0. The van der Waals surface area contributed by atoms with Crippen molar-refractivity contribution in [1.82, 2.24) is 10.1 Å². The van der Waals surface area contributed by atoms with Gasteiger partial charge in [0.25, 0.3) is 11.8 Å². The molecular weight excluding hydrogens is 356 g/mol. The van der Waals surface area contributed by atoms with Gasteiger partial charge in [0.15, 0.2) is 11.6 Å². The lowest BCUT2D eigenvalue weighted by atomic mass is 9.99. The third kappa shape index (κ3) is 3.49. The molecule has 0 unspecified atom stereocenters. The second-order valence-corrected chi connectivity index (χ2v) is 6.30. The predicted molar refractivity (Wildman–Crippen MR) is 98.0 cm³/mol. The number of furan rings is 1. The smallest absolute Gasteiger partial charge is 0.291 e. The van der Waals surface area contributed by atoms with Crippen LogP contribution in [0.15, 0.2) is 51.6 Å². The van der Waals surface area contributed by atoms with E-state index in [2.05, 4.69) is 15.5 Å². The summed E-state index contributed by atoms with van der Waals surface area (Å²) in [6.45, 7) is 0. The van der Waals surface area contributed by atoms with Crippen molar-refractivity contribution in [3.8, 4) is 11.5 Å². The average molecular weight is 375 g/mol. The number of nitrogens with zero attached hydrogens (tertiary/aromatic N) is 2. The normalized spacial score (nSPS) is 15.4. The summed E-state index contributed by atoms with van der Waals surface area (Å²) in [5.74, 6) is 0.864. The Morgan fingerprint density at radius 2 is 2.00 bits per heavy atom. The zero-order valence-electron chi connectivity index (χ0n) is 14.0. The molecule has 1 aliphatic carbocycles. The van der Waals surface area contributed by atoms with Crippen LogP contribution in [0.1, 0.15) is 42.1 Å². The Morgan fingerprint density at radius 1 is 1.19 bits per heavy atom. The lowest BCUT2D eigenvalue weighted by Crippen LogP contribution is -2.34. The van der Waals surface area contributed by atoms with Crippen molar-refractivity contribution < 1.29 is 13.7 Å². The van der Waals surface area contributed by atoms with Crippen molar-refractivity contribution >= 4 is 24.0 Å². The Bertz CT molecular complexity index is 885. The summed E-state index contributed by atoms with van der Waals surface area (Å²) in [4.78, 5) is 16.5. The first kappa shape index (κ1) is 18.2. The van der Waals surface area contributed by atoms with Crippen molar-refractivity contribution in [3.63, 3.8) is 0 Å². The molecule has 1 aliphatic rings. The summed E-state index contributed by atoms with van der Waals surface area (Å²) in [5, 5.41) is 6.84. The predicted octanol–water partition coefficient (Wildman–Crippen LogP) is 3.73. The largest absolute Gasteiger partial charge is 0.459 e. The minimum Gasteiger partial charge on any atom is -0.459 e. The molecule has 8 heteroatoms. The van der Waals surface area contributed by atoms with E-state index < -0.39 is 5.54 Å². The van der Waals surface area contributed by atoms with E-state index >= 15 is 0 Å². The molecule has 7 nitrogen and oxygen atoms in total. The molecule has 0 aliphatic heterocycles. The van der Waals surface area contributed by atoms with Crippen LogP contribution < -0.4 is 11.1 Å². The molecule has 1 amide bonds. The Morgan fingerprint density at radius 3 is 2.73 bits per heavy atom. The zero-order chi connectivity index (χ0) is 17.3. The van der Waals surface area contributed by atoms with Crippen molar-refractivity contribution in [2.75, 3.05) is 5.32 Å². The number of benzene rings is 1. The molecule has 1 fully saturated rings. The van der Waals surface area contributed by atoms with E-state index in [1.54, 1.807) is 24.3 Å². The first-order valence-corrected chi connectivity index (χ1v) is 8.22. The molecule has 0 saturated heterocycles. The van der Waals surface area contributed by atoms with Gasteiger partial charge >= 0.3 is 0 Å². The van der Waals surface area contributed by atoms with E-state index in [-0.39, 0.29) is 24.1 Å². The Kier molecular flexibility index (Phi) is 5.11. The van der Waals surface area contributed by atoms with Gasteiger partial charge in [0.1, 0.15) is 0 Å². The number of nitrogens with two attached hydrogens (primary N) is 1. The number of amides is 1. The van der Waals surface area contributed by atoms with Crippen molar-refractivity contribution in [2.45, 2.75) is 31.2 Å². The second kappa shape index (κ2) is 7.31. The average Bonchev–Trinajstić information content (AvgIpc) is 3.37. The van der Waals surface area contributed by atoms with Gasteiger partial charge in [-0.05, 0) is 43.2 Å². The van der Waals surface area contributed by atoms with Crippen LogP contribution in [-0.4, -0.2) is 16.0 Å². The van der Waals surface area contributed by atoms with E-state index in [4.69, 9.17) is 14.7 Å². The quantitative estimate of drug-likeness (QED) is 0.720. The number of anilines is 1. The van der Waals surface area contributed by atoms with Crippen LogP contribution in [0.25, 0.3) is 11.5 Å². The monoisotopic (exact) mass is 374 g/mol. The summed E-state index contributed by atoms with van der Waals surface area (Å²) in [5.41, 5.74) is 7.21. The van der Waals surface area contributed by atoms with Crippen molar-refractivity contribution in [1.29, 1.82) is 0 Å². The van der Waals surface area contributed by atoms with Crippen LogP contribution in [0.4, 0.5) is 5.69 Å². The summed E-state index contributed by atoms with van der Waals surface area (Å²) in [7, 11) is 0. The van der Waals surface area contributed by atoms with Gasteiger partial charge in [-0.15, -0.1) is 12.4 Å². The summed E-state index contributed by atoms with van der Waals surface area (Å²) in [6.07, 6.45) is 5.34. The fourth-order valence-electron chi connectivity index (χ4n) is 3.10. The lowest BCUT2D eigenvalue weighted by molar-refractivity contribution is 0.0996. The number of nitrogens with one attached hydrogen (secondary N) is 1. The third-order valence-corrected chi connectivity index (χ3v) is 4.48. The van der Waals surface area contributed by atoms with Gasteiger partial charge in [0.05, 0.1) is 11.8 Å². The molecule has 4 rings (SSSR count). The number of aromatic nitrogens is 2. The van der Waals surface area contributed by atoms with E-state index in [9.17, 15) is 4.79 Å². The Balaban J connectivity index is 0.00000196. The fraction of sp³-hybridized carbons (Fsp3) is 0.278. The Labute approximate surface area is 156 Å². The maximum Gasteiger partial charge on any atom is 0.291 e. The van der Waals surface area contributed by atoms with Crippen LogP contribution in [0.3, 0.4) is 0 Å². The van der Waals surface area contributed by atoms with Crippen LogP contribution in [0.5, 0.6) is 0 Å². The fourth-order valence-corrected chi connectivity index (χ4v) is 3.10. The number of carbonyl (C=O) groups excluding carboxylic acids is 1. The summed E-state index contributed by atoms with van der Waals surface area (Å²) >= 11 is 0. The highest BCUT2D eigenvalue weighted by Gasteiger charge is 2.36. The molecule has 0 bridgehead atoms. The number of halogens is 1. The molecule has 1 saturated carbocycles. The topological polar surface area (TPSA) is 107 Å². The van der Waals surface area contributed by atoms with Gasteiger partial charge in [-0.2, -0.15) is 4.98 Å². The number of hydrogen-bond acceptors (Lipinski definition) is 6. The van der Waals surface area contributed by atoms with Crippen molar-refractivity contribution in [2.24, 2.45) is 5.73 Å². The first-order valence-electron chi connectivity index (χ1n) is 8.22. The highest BCUT2D eigenvalue weighted by atomic mass is 35.5. The SMILES string of the molecule is Cl.NC1(c2noc(-c3cccc(NC(=O)c4ccco4)c3)n2)CCCC1. The maximum absolute atomic E-state index is 12.1. The van der Waals surface area contributed by atoms with Crippen LogP contribution >= 0.6 is 12.4 Å². The maximum atomic E-state index is 12.1. The van der Waals surface area contributed by atoms with Gasteiger partial charge < -0.3 is 20.0 Å². The van der Waals surface area contributed by atoms with Crippen LogP contribution in [0, 0.1) is 0 Å². The second-order valence-electron chi connectivity index (χ2n) is 6.30. The Hall–Kier alpha value is -2.64. The first-order chi connectivity index (χ1) is 12.1. The van der Waals surface area contributed by atoms with Crippen LogP contribution in [0.2, 0.25) is 0 Å². The molecule has 0 atom stereocenters. The number of hydrogen-bond donors (Lipinski definition) is 2. The molecule has 136 valence electrons. The standard InChI is InChI=1S/C18H18N4O3.ClH/c19-18(8-1-2-9-18)17-21-16(25-22-17)12-5-3-6-13(11-12)20-15(23)14-7-4-10-24-14;/h3-7,10-11H,1-2,8-9,19H2,(H,20,23);1H. The van der Waals surface area contributed by atoms with Crippen molar-refractivity contribution in [3.05, 3.63) is 54.2 Å². The lowest BCUT2D eigenvalue weighted by Gasteiger charge is -2.17. The zero-order valence-corrected chi connectivity index (χ0v) is 14.8. The van der Waals surface area contributed by atoms with Gasteiger partial charge in [0.2, 0.25) is 0 Å². The molecule has 3 N–H and O–H groups in total. The molecule has 2 aromatic heterocycles. The highest BCUT2D eigenvalue weighted by Crippen LogP contribution is 2.35. The van der Waals surface area contributed by atoms with E-state index in [1.165, 1.54) is 6.26 Å². The van der Waals surface area contributed by atoms with Gasteiger partial charge in [-0.1, -0.05) is 24.1 Å². The summed E-state index contributed by atoms with van der Waals surface area (Å²) in [6, 6.07) is 10.5. The van der Waals surface area contributed by atoms with E-state index in [1.807, 2.05) is 12.1 Å². The van der Waals surface area contributed by atoms with E-state index in [0.29, 0.717) is 17.4 Å². The number of rotatable bonds is 4. The molecule has 2 heterocycles. The summed E-state index contributed by atoms with van der Waals surface area (Å²) < 4.78 is 10.5. The number of carbonyl (C=O) groups is 1. The molecule has 0 radical (unpaired) electrons. The third-order valence-electron chi connectivity index (χ3n) is 4.48.